The molecular formula is C10H14N2. The maximum Gasteiger partial charge on any atom is 0.0623 e. The van der Waals surface area contributed by atoms with Gasteiger partial charge in [0, 0.05) is 12.7 Å². The van der Waals surface area contributed by atoms with E-state index in [0.29, 0.717) is 0 Å². The zero-order valence-corrected chi connectivity index (χ0v) is 7.62. The minimum Gasteiger partial charge on any atom is -0.305 e. The lowest BCUT2D eigenvalue weighted by molar-refractivity contribution is 0.402. The first-order valence-electron chi connectivity index (χ1n) is 3.94. The number of aromatic nitrogens is 1. The number of hydrogen-bond acceptors (Lipinski definition) is 2. The van der Waals surface area contributed by atoms with E-state index in [9.17, 15) is 0 Å². The summed E-state index contributed by atoms with van der Waals surface area (Å²) in [7, 11) is 4.09. The molecular weight excluding hydrogens is 148 g/mol. The van der Waals surface area contributed by atoms with Crippen LogP contribution in [-0.4, -0.2) is 24.0 Å². The molecule has 0 aliphatic carbocycles. The van der Waals surface area contributed by atoms with Crippen LogP contribution in [0.15, 0.2) is 24.9 Å². The molecule has 1 heterocycles. The Hall–Kier alpha value is -1.15. The van der Waals surface area contributed by atoms with Crippen LogP contribution < -0.4 is 0 Å². The van der Waals surface area contributed by atoms with Crippen LogP contribution in [0.2, 0.25) is 0 Å². The standard InChI is InChI=1S/C10H14N2/c1-4-10-6-5-9(7-11-10)8-12(2)3/h4-7H,1,8H2,2-3H3. The van der Waals surface area contributed by atoms with Gasteiger partial charge in [0.1, 0.15) is 0 Å². The van der Waals surface area contributed by atoms with Crippen molar-refractivity contribution in [1.82, 2.24) is 9.88 Å². The van der Waals surface area contributed by atoms with Crippen LogP contribution in [0.4, 0.5) is 0 Å². The van der Waals surface area contributed by atoms with Crippen molar-refractivity contribution in [3.8, 4) is 0 Å². The highest BCUT2D eigenvalue weighted by Gasteiger charge is 1.94. The van der Waals surface area contributed by atoms with Gasteiger partial charge in [-0.25, -0.2) is 0 Å². The maximum atomic E-state index is 4.21. The molecule has 2 nitrogen and oxygen atoms in total. The first-order valence-corrected chi connectivity index (χ1v) is 3.94. The van der Waals surface area contributed by atoms with E-state index in [1.165, 1.54) is 5.56 Å². The van der Waals surface area contributed by atoms with Gasteiger partial charge in [-0.15, -0.1) is 0 Å². The third kappa shape index (κ3) is 2.47. The van der Waals surface area contributed by atoms with E-state index in [-0.39, 0.29) is 0 Å². The van der Waals surface area contributed by atoms with Crippen LogP contribution in [-0.2, 0) is 6.54 Å². The Labute approximate surface area is 73.5 Å². The van der Waals surface area contributed by atoms with E-state index in [1.54, 1.807) is 6.08 Å². The predicted molar refractivity (Wildman–Crippen MR) is 51.7 cm³/mol. The molecule has 0 aliphatic rings. The highest BCUT2D eigenvalue weighted by Crippen LogP contribution is 2.02. The number of hydrogen-bond donors (Lipinski definition) is 0. The van der Waals surface area contributed by atoms with Gasteiger partial charge in [0.05, 0.1) is 5.69 Å². The van der Waals surface area contributed by atoms with Gasteiger partial charge in [0.25, 0.3) is 0 Å². The number of nitrogens with zero attached hydrogens (tertiary/aromatic N) is 2. The van der Waals surface area contributed by atoms with Gasteiger partial charge in [0.15, 0.2) is 0 Å². The first kappa shape index (κ1) is 8.94. The summed E-state index contributed by atoms with van der Waals surface area (Å²) in [5, 5.41) is 0. The Kier molecular flexibility index (Phi) is 3.00. The van der Waals surface area contributed by atoms with Gasteiger partial charge in [-0.2, -0.15) is 0 Å². The van der Waals surface area contributed by atoms with Gasteiger partial charge < -0.3 is 4.90 Å². The molecule has 0 aromatic carbocycles. The summed E-state index contributed by atoms with van der Waals surface area (Å²) in [5.41, 5.74) is 2.16. The van der Waals surface area contributed by atoms with E-state index in [2.05, 4.69) is 22.5 Å². The van der Waals surface area contributed by atoms with E-state index >= 15 is 0 Å². The zero-order chi connectivity index (χ0) is 8.97. The third-order valence-electron chi connectivity index (χ3n) is 1.56. The normalized spacial score (nSPS) is 10.2. The van der Waals surface area contributed by atoms with Crippen molar-refractivity contribution in [2.45, 2.75) is 6.54 Å². The number of rotatable bonds is 3. The summed E-state index contributed by atoms with van der Waals surface area (Å²) in [4.78, 5) is 6.32. The van der Waals surface area contributed by atoms with Crippen LogP contribution in [0.1, 0.15) is 11.3 Å². The largest absolute Gasteiger partial charge is 0.305 e. The highest BCUT2D eigenvalue weighted by atomic mass is 15.0. The molecule has 0 radical (unpaired) electrons. The molecule has 2 heteroatoms. The fraction of sp³-hybridized carbons (Fsp3) is 0.300. The topological polar surface area (TPSA) is 16.1 Å². The molecule has 1 aromatic rings. The molecule has 0 unspecified atom stereocenters. The maximum absolute atomic E-state index is 4.21. The van der Waals surface area contributed by atoms with E-state index in [1.807, 2.05) is 26.4 Å². The van der Waals surface area contributed by atoms with Crippen molar-refractivity contribution in [3.05, 3.63) is 36.2 Å². The molecule has 0 N–H and O–H groups in total. The van der Waals surface area contributed by atoms with Crippen LogP contribution in [0, 0.1) is 0 Å². The molecule has 12 heavy (non-hydrogen) atoms. The van der Waals surface area contributed by atoms with Crippen LogP contribution in [0.25, 0.3) is 6.08 Å². The minimum atomic E-state index is 0.928. The molecule has 0 bridgehead atoms. The average molecular weight is 162 g/mol. The van der Waals surface area contributed by atoms with Gasteiger partial charge in [-0.1, -0.05) is 12.6 Å². The molecule has 0 atom stereocenters. The fourth-order valence-corrected chi connectivity index (χ4v) is 1.02. The summed E-state index contributed by atoms with van der Waals surface area (Å²) in [6.07, 6.45) is 3.64. The van der Waals surface area contributed by atoms with Crippen LogP contribution >= 0.6 is 0 Å². The molecule has 0 amide bonds. The van der Waals surface area contributed by atoms with Gasteiger partial charge in [-0.05, 0) is 31.8 Å². The van der Waals surface area contributed by atoms with Crippen LogP contribution in [0.5, 0.6) is 0 Å². The van der Waals surface area contributed by atoms with Crippen molar-refractivity contribution in [1.29, 1.82) is 0 Å². The Bertz CT molecular complexity index is 249. The second-order valence-corrected chi connectivity index (χ2v) is 3.03. The van der Waals surface area contributed by atoms with Crippen molar-refractivity contribution in [2.75, 3.05) is 14.1 Å². The molecule has 0 aliphatic heterocycles. The van der Waals surface area contributed by atoms with Crippen molar-refractivity contribution in [2.24, 2.45) is 0 Å². The van der Waals surface area contributed by atoms with Crippen molar-refractivity contribution < 1.29 is 0 Å². The van der Waals surface area contributed by atoms with Crippen LogP contribution in [0.3, 0.4) is 0 Å². The van der Waals surface area contributed by atoms with E-state index < -0.39 is 0 Å². The quantitative estimate of drug-likeness (QED) is 0.673. The summed E-state index contributed by atoms with van der Waals surface area (Å²) in [6.45, 7) is 4.58. The molecule has 0 saturated heterocycles. The second-order valence-electron chi connectivity index (χ2n) is 3.03. The fourth-order valence-electron chi connectivity index (χ4n) is 1.02. The molecule has 0 spiro atoms. The number of pyridine rings is 1. The lowest BCUT2D eigenvalue weighted by Gasteiger charge is -2.08. The molecule has 1 rings (SSSR count). The average Bonchev–Trinajstić information content (AvgIpc) is 2.05. The minimum absolute atomic E-state index is 0.928. The second kappa shape index (κ2) is 4.02. The molecule has 0 fully saturated rings. The molecule has 1 aromatic heterocycles. The van der Waals surface area contributed by atoms with Gasteiger partial charge >= 0.3 is 0 Å². The molecule has 0 saturated carbocycles. The van der Waals surface area contributed by atoms with Gasteiger partial charge in [-0.3, -0.25) is 4.98 Å². The SMILES string of the molecule is C=Cc1ccc(CN(C)C)cn1. The zero-order valence-electron chi connectivity index (χ0n) is 7.62. The van der Waals surface area contributed by atoms with Crippen molar-refractivity contribution >= 4 is 6.08 Å². The smallest absolute Gasteiger partial charge is 0.0623 e. The first-order chi connectivity index (χ1) is 5.72. The predicted octanol–water partition coefficient (Wildman–Crippen LogP) is 1.79. The van der Waals surface area contributed by atoms with E-state index in [4.69, 9.17) is 0 Å². The Balaban J connectivity index is 2.71. The monoisotopic (exact) mass is 162 g/mol. The van der Waals surface area contributed by atoms with Crippen molar-refractivity contribution in [3.63, 3.8) is 0 Å². The lowest BCUT2D eigenvalue weighted by atomic mass is 10.2. The molecule has 64 valence electrons. The Morgan fingerprint density at radius 1 is 1.50 bits per heavy atom. The third-order valence-corrected chi connectivity index (χ3v) is 1.56. The Morgan fingerprint density at radius 2 is 2.25 bits per heavy atom. The summed E-state index contributed by atoms with van der Waals surface area (Å²) >= 11 is 0. The lowest BCUT2D eigenvalue weighted by Crippen LogP contribution is -2.10. The van der Waals surface area contributed by atoms with Gasteiger partial charge in [0.2, 0.25) is 0 Å². The Morgan fingerprint density at radius 3 is 2.67 bits per heavy atom. The van der Waals surface area contributed by atoms with E-state index in [0.717, 1.165) is 12.2 Å². The summed E-state index contributed by atoms with van der Waals surface area (Å²) in [5.74, 6) is 0. The summed E-state index contributed by atoms with van der Waals surface area (Å²) < 4.78 is 0. The highest BCUT2D eigenvalue weighted by molar-refractivity contribution is 5.41. The summed E-state index contributed by atoms with van der Waals surface area (Å²) in [6, 6.07) is 4.05.